The highest BCUT2D eigenvalue weighted by molar-refractivity contribution is 5.94. The minimum atomic E-state index is -0.193. The maximum Gasteiger partial charge on any atom is 0.294 e. The van der Waals surface area contributed by atoms with Gasteiger partial charge in [0, 0.05) is 25.2 Å². The highest BCUT2D eigenvalue weighted by atomic mass is 16.2. The molecule has 0 spiro atoms. The molecule has 0 bridgehead atoms. The topological polar surface area (TPSA) is 83.9 Å². The van der Waals surface area contributed by atoms with Crippen molar-refractivity contribution < 1.29 is 4.79 Å². The van der Waals surface area contributed by atoms with Crippen molar-refractivity contribution in [1.29, 1.82) is 0 Å². The van der Waals surface area contributed by atoms with Crippen LogP contribution < -0.4 is 5.56 Å². The number of fused-ring (bicyclic) bond motifs is 1. The second kappa shape index (κ2) is 5.92. The maximum absolute atomic E-state index is 12.5. The summed E-state index contributed by atoms with van der Waals surface area (Å²) < 4.78 is 1.45. The van der Waals surface area contributed by atoms with Crippen LogP contribution in [0.4, 0.5) is 0 Å². The zero-order valence-corrected chi connectivity index (χ0v) is 13.1. The van der Waals surface area contributed by atoms with Gasteiger partial charge in [-0.25, -0.2) is 9.67 Å². The molecule has 7 nitrogen and oxygen atoms in total. The summed E-state index contributed by atoms with van der Waals surface area (Å²) in [5.41, 5.74) is 1.55. The third kappa shape index (κ3) is 2.58. The van der Waals surface area contributed by atoms with Gasteiger partial charge in [0.25, 0.3) is 11.5 Å². The van der Waals surface area contributed by atoms with Gasteiger partial charge < -0.3 is 9.88 Å². The zero-order chi connectivity index (χ0) is 16.5. The van der Waals surface area contributed by atoms with Crippen LogP contribution in [0.25, 0.3) is 11.0 Å². The Labute approximate surface area is 137 Å². The van der Waals surface area contributed by atoms with E-state index in [1.54, 1.807) is 6.20 Å². The van der Waals surface area contributed by atoms with Crippen LogP contribution >= 0.6 is 0 Å². The molecule has 0 saturated carbocycles. The van der Waals surface area contributed by atoms with Gasteiger partial charge in [0.05, 0.1) is 18.0 Å². The molecule has 1 atom stereocenters. The zero-order valence-electron chi connectivity index (χ0n) is 13.1. The summed E-state index contributed by atoms with van der Waals surface area (Å²) in [5.74, 6) is 0.264. The van der Waals surface area contributed by atoms with Gasteiger partial charge in [0.1, 0.15) is 0 Å². The SMILES string of the molecule is O=C(c1ccccc1)N1CCC(Cn2ncc3[nH]cnc3c2=O)C1. The number of hydrogen-bond donors (Lipinski definition) is 1. The lowest BCUT2D eigenvalue weighted by molar-refractivity contribution is 0.0785. The van der Waals surface area contributed by atoms with Crippen LogP contribution in [0.3, 0.4) is 0 Å². The summed E-state index contributed by atoms with van der Waals surface area (Å²) >= 11 is 0. The lowest BCUT2D eigenvalue weighted by Crippen LogP contribution is -2.31. The molecule has 1 saturated heterocycles. The molecule has 2 aromatic heterocycles. The van der Waals surface area contributed by atoms with Crippen LogP contribution in [0.1, 0.15) is 16.8 Å². The van der Waals surface area contributed by atoms with Crippen LogP contribution in [-0.2, 0) is 6.54 Å². The molecule has 1 aliphatic heterocycles. The fourth-order valence-corrected chi connectivity index (χ4v) is 3.18. The number of amides is 1. The Morgan fingerprint density at radius 2 is 2.12 bits per heavy atom. The van der Waals surface area contributed by atoms with Gasteiger partial charge in [0.15, 0.2) is 5.52 Å². The summed E-state index contributed by atoms with van der Waals surface area (Å²) in [4.78, 5) is 33.6. The molecule has 1 fully saturated rings. The minimum absolute atomic E-state index is 0.0427. The van der Waals surface area contributed by atoms with Gasteiger partial charge >= 0.3 is 0 Å². The molecular weight excluding hydrogens is 306 g/mol. The van der Waals surface area contributed by atoms with E-state index in [4.69, 9.17) is 0 Å². The van der Waals surface area contributed by atoms with Gasteiger partial charge in [0.2, 0.25) is 0 Å². The largest absolute Gasteiger partial charge is 0.343 e. The number of benzene rings is 1. The van der Waals surface area contributed by atoms with E-state index in [1.807, 2.05) is 35.2 Å². The van der Waals surface area contributed by atoms with E-state index in [1.165, 1.54) is 11.0 Å². The van der Waals surface area contributed by atoms with E-state index in [0.717, 1.165) is 6.42 Å². The van der Waals surface area contributed by atoms with E-state index in [2.05, 4.69) is 15.1 Å². The van der Waals surface area contributed by atoms with Crippen molar-refractivity contribution in [2.45, 2.75) is 13.0 Å². The quantitative estimate of drug-likeness (QED) is 0.787. The van der Waals surface area contributed by atoms with Crippen LogP contribution in [0.5, 0.6) is 0 Å². The average molecular weight is 323 g/mol. The number of aromatic amines is 1. The Morgan fingerprint density at radius 3 is 2.96 bits per heavy atom. The number of carbonyl (C=O) groups is 1. The Bertz CT molecular complexity index is 931. The van der Waals surface area contributed by atoms with Crippen LogP contribution in [0.15, 0.2) is 47.7 Å². The van der Waals surface area contributed by atoms with Crippen molar-refractivity contribution in [3.8, 4) is 0 Å². The Morgan fingerprint density at radius 1 is 1.29 bits per heavy atom. The van der Waals surface area contributed by atoms with Gasteiger partial charge in [-0.1, -0.05) is 18.2 Å². The molecule has 3 heterocycles. The van der Waals surface area contributed by atoms with Crippen molar-refractivity contribution in [2.24, 2.45) is 5.92 Å². The molecule has 24 heavy (non-hydrogen) atoms. The lowest BCUT2D eigenvalue weighted by Gasteiger charge is -2.16. The Kier molecular flexibility index (Phi) is 3.60. The molecular formula is C17H17N5O2. The normalized spacial score (nSPS) is 17.5. The van der Waals surface area contributed by atoms with Crippen LogP contribution in [0, 0.1) is 5.92 Å². The fraction of sp³-hybridized carbons (Fsp3) is 0.294. The number of nitrogens with one attached hydrogen (secondary N) is 1. The molecule has 1 unspecified atom stereocenters. The first-order chi connectivity index (χ1) is 11.7. The van der Waals surface area contributed by atoms with E-state index in [-0.39, 0.29) is 17.4 Å². The molecule has 1 aliphatic rings. The average Bonchev–Trinajstić information content (AvgIpc) is 3.27. The first kappa shape index (κ1) is 14.6. The number of carbonyl (C=O) groups excluding carboxylic acids is 1. The van der Waals surface area contributed by atoms with E-state index in [9.17, 15) is 9.59 Å². The molecule has 122 valence electrons. The van der Waals surface area contributed by atoms with Gasteiger partial charge in [-0.2, -0.15) is 5.10 Å². The smallest absolute Gasteiger partial charge is 0.294 e. The number of likely N-dealkylation sites (tertiary alicyclic amines) is 1. The Balaban J connectivity index is 1.48. The summed E-state index contributed by atoms with van der Waals surface area (Å²) in [5, 5.41) is 4.20. The number of aromatic nitrogens is 4. The number of H-pyrrole nitrogens is 1. The van der Waals surface area contributed by atoms with Crippen molar-refractivity contribution in [3.63, 3.8) is 0 Å². The van der Waals surface area contributed by atoms with Gasteiger partial charge in [-0.15, -0.1) is 0 Å². The van der Waals surface area contributed by atoms with Gasteiger partial charge in [-0.05, 0) is 24.5 Å². The first-order valence-electron chi connectivity index (χ1n) is 7.96. The minimum Gasteiger partial charge on any atom is -0.343 e. The molecule has 0 aliphatic carbocycles. The van der Waals surface area contributed by atoms with Crippen molar-refractivity contribution in [2.75, 3.05) is 13.1 Å². The molecule has 7 heteroatoms. The summed E-state index contributed by atoms with van der Waals surface area (Å²) in [6.07, 6.45) is 3.98. The highest BCUT2D eigenvalue weighted by Gasteiger charge is 2.27. The predicted molar refractivity (Wildman–Crippen MR) is 88.6 cm³/mol. The third-order valence-corrected chi connectivity index (χ3v) is 4.46. The monoisotopic (exact) mass is 323 g/mol. The molecule has 4 rings (SSSR count). The number of rotatable bonds is 3. The molecule has 1 aromatic carbocycles. The van der Waals surface area contributed by atoms with Crippen molar-refractivity contribution in [3.05, 3.63) is 58.8 Å². The molecule has 3 aromatic rings. The van der Waals surface area contributed by atoms with E-state index >= 15 is 0 Å². The molecule has 1 amide bonds. The molecule has 1 N–H and O–H groups in total. The maximum atomic E-state index is 12.5. The molecule has 0 radical (unpaired) electrons. The van der Waals surface area contributed by atoms with Gasteiger partial charge in [-0.3, -0.25) is 9.59 Å². The van der Waals surface area contributed by atoms with Crippen molar-refractivity contribution >= 4 is 16.9 Å². The second-order valence-corrected chi connectivity index (χ2v) is 6.07. The summed E-state index contributed by atoms with van der Waals surface area (Å²) in [7, 11) is 0. The number of hydrogen-bond acceptors (Lipinski definition) is 4. The standard InChI is InChI=1S/C17H17N5O2/c23-16(13-4-2-1-3-5-13)21-7-6-12(9-21)10-22-17(24)15-14(8-20-22)18-11-19-15/h1-5,8,11-12H,6-7,9-10H2,(H,18,19). The summed E-state index contributed by atoms with van der Waals surface area (Å²) in [6, 6.07) is 9.28. The summed E-state index contributed by atoms with van der Waals surface area (Å²) in [6.45, 7) is 1.85. The Hall–Kier alpha value is -2.96. The first-order valence-corrected chi connectivity index (χ1v) is 7.96. The predicted octanol–water partition coefficient (Wildman–Crippen LogP) is 1.28. The van der Waals surface area contributed by atoms with E-state index < -0.39 is 0 Å². The number of imidazole rings is 1. The fourth-order valence-electron chi connectivity index (χ4n) is 3.18. The van der Waals surface area contributed by atoms with Crippen LogP contribution in [0.2, 0.25) is 0 Å². The highest BCUT2D eigenvalue weighted by Crippen LogP contribution is 2.20. The van der Waals surface area contributed by atoms with E-state index in [0.29, 0.717) is 36.2 Å². The number of nitrogens with zero attached hydrogens (tertiary/aromatic N) is 4. The van der Waals surface area contributed by atoms with Crippen molar-refractivity contribution in [1.82, 2.24) is 24.6 Å². The van der Waals surface area contributed by atoms with Crippen LogP contribution in [-0.4, -0.2) is 43.6 Å². The lowest BCUT2D eigenvalue weighted by atomic mass is 10.1. The third-order valence-electron chi connectivity index (χ3n) is 4.46. The second-order valence-electron chi connectivity index (χ2n) is 6.07.